The van der Waals surface area contributed by atoms with Crippen LogP contribution in [0, 0.1) is 27.7 Å². The molecule has 4 rings (SSSR count). The fourth-order valence-electron chi connectivity index (χ4n) is 5.17. The summed E-state index contributed by atoms with van der Waals surface area (Å²) in [6, 6.07) is 16.3. The van der Waals surface area contributed by atoms with E-state index in [1.807, 2.05) is 93.8 Å². The molecule has 1 aliphatic heterocycles. The number of ketones is 1. The van der Waals surface area contributed by atoms with Gasteiger partial charge in [-0.05, 0) is 51.8 Å². The summed E-state index contributed by atoms with van der Waals surface area (Å²) in [5.74, 6) is -0.749. The Bertz CT molecular complexity index is 1260. The maximum Gasteiger partial charge on any atom is 0.325 e. The summed E-state index contributed by atoms with van der Waals surface area (Å²) in [6.07, 6.45) is 0. The van der Waals surface area contributed by atoms with Crippen molar-refractivity contribution < 1.29 is 19.1 Å². The molecule has 0 spiro atoms. The number of Topliss-reactive ketones (excluding diaryl/α,β-unsaturated/α-hetero) is 1. The number of carbonyl (C=O) groups excluding carboxylic acids is 3. The molecule has 1 saturated heterocycles. The molecule has 1 aliphatic rings. The van der Waals surface area contributed by atoms with Crippen molar-refractivity contribution in [2.75, 3.05) is 20.3 Å². The number of imide groups is 1. The Hall–Kier alpha value is -3.71. The standard InChI is InChI=1S/C29H33N3O4/c1-18-7-11-23(12-8-18)29(24-13-9-19(2)10-14-24)27(34)31(28(35)30-29)16-26(33)25-15-20(3)32(22(25)5)21(4)17-36-6/h7-15,21H,16-17H2,1-6H3,(H,30,35). The lowest BCUT2D eigenvalue weighted by molar-refractivity contribution is -0.129. The summed E-state index contributed by atoms with van der Waals surface area (Å²) >= 11 is 0. The van der Waals surface area contributed by atoms with Crippen LogP contribution in [0.4, 0.5) is 4.79 Å². The van der Waals surface area contributed by atoms with E-state index in [4.69, 9.17) is 4.74 Å². The van der Waals surface area contributed by atoms with E-state index < -0.39 is 17.5 Å². The first-order chi connectivity index (χ1) is 17.1. The number of hydrogen-bond acceptors (Lipinski definition) is 4. The van der Waals surface area contributed by atoms with Gasteiger partial charge in [-0.3, -0.25) is 14.5 Å². The Morgan fingerprint density at radius 1 is 0.944 bits per heavy atom. The number of carbonyl (C=O) groups is 3. The maximum atomic E-state index is 14.0. The molecule has 0 bridgehead atoms. The van der Waals surface area contributed by atoms with Gasteiger partial charge in [0.05, 0.1) is 19.2 Å². The molecule has 1 fully saturated rings. The summed E-state index contributed by atoms with van der Waals surface area (Å²) in [5.41, 5.74) is 4.19. The van der Waals surface area contributed by atoms with Crippen LogP contribution in [-0.4, -0.2) is 47.4 Å². The van der Waals surface area contributed by atoms with E-state index in [0.29, 0.717) is 23.3 Å². The van der Waals surface area contributed by atoms with E-state index >= 15 is 0 Å². The quantitative estimate of drug-likeness (QED) is 0.372. The monoisotopic (exact) mass is 487 g/mol. The Labute approximate surface area is 212 Å². The summed E-state index contributed by atoms with van der Waals surface area (Å²) in [5, 5.41) is 2.93. The zero-order valence-corrected chi connectivity index (χ0v) is 21.7. The molecule has 0 saturated carbocycles. The van der Waals surface area contributed by atoms with Gasteiger partial charge in [-0.1, -0.05) is 59.7 Å². The molecule has 7 heteroatoms. The van der Waals surface area contributed by atoms with Gasteiger partial charge in [0.15, 0.2) is 11.3 Å². The molecule has 7 nitrogen and oxygen atoms in total. The van der Waals surface area contributed by atoms with E-state index in [9.17, 15) is 14.4 Å². The first-order valence-corrected chi connectivity index (χ1v) is 12.1. The molecule has 0 radical (unpaired) electrons. The number of rotatable bonds is 8. The number of nitrogens with zero attached hydrogens (tertiary/aromatic N) is 2. The normalized spacial score (nSPS) is 15.8. The minimum atomic E-state index is -1.40. The minimum absolute atomic E-state index is 0.0454. The van der Waals surface area contributed by atoms with Crippen molar-refractivity contribution in [1.29, 1.82) is 0 Å². The van der Waals surface area contributed by atoms with Crippen LogP contribution in [0.15, 0.2) is 54.6 Å². The lowest BCUT2D eigenvalue weighted by Gasteiger charge is -2.28. The van der Waals surface area contributed by atoms with Crippen LogP contribution in [-0.2, 0) is 15.1 Å². The molecule has 1 aromatic heterocycles. The van der Waals surface area contributed by atoms with E-state index in [1.165, 1.54) is 0 Å². The molecule has 1 atom stereocenters. The van der Waals surface area contributed by atoms with Crippen molar-refractivity contribution >= 4 is 17.7 Å². The second kappa shape index (κ2) is 9.74. The van der Waals surface area contributed by atoms with Gasteiger partial charge < -0.3 is 14.6 Å². The lowest BCUT2D eigenvalue weighted by atomic mass is 9.82. The third-order valence-electron chi connectivity index (χ3n) is 7.01. The number of aryl methyl sites for hydroxylation is 3. The highest BCUT2D eigenvalue weighted by molar-refractivity contribution is 6.13. The van der Waals surface area contributed by atoms with Gasteiger partial charge in [0, 0.05) is 24.1 Å². The Morgan fingerprint density at radius 2 is 1.47 bits per heavy atom. The molecule has 36 heavy (non-hydrogen) atoms. The molecule has 1 N–H and O–H groups in total. The Balaban J connectivity index is 1.71. The highest BCUT2D eigenvalue weighted by Gasteiger charge is 2.54. The average Bonchev–Trinajstić information content (AvgIpc) is 3.28. The number of nitrogens with one attached hydrogen (secondary N) is 1. The fourth-order valence-corrected chi connectivity index (χ4v) is 5.17. The third kappa shape index (κ3) is 4.24. The molecule has 3 aromatic rings. The van der Waals surface area contributed by atoms with Gasteiger partial charge in [-0.15, -0.1) is 0 Å². The van der Waals surface area contributed by atoms with E-state index in [0.717, 1.165) is 27.4 Å². The minimum Gasteiger partial charge on any atom is -0.383 e. The summed E-state index contributed by atoms with van der Waals surface area (Å²) < 4.78 is 7.33. The maximum absolute atomic E-state index is 14.0. The highest BCUT2D eigenvalue weighted by atomic mass is 16.5. The molecular weight excluding hydrogens is 454 g/mol. The smallest absolute Gasteiger partial charge is 0.325 e. The van der Waals surface area contributed by atoms with Crippen LogP contribution in [0.5, 0.6) is 0 Å². The third-order valence-corrected chi connectivity index (χ3v) is 7.01. The number of methoxy groups -OCH3 is 1. The van der Waals surface area contributed by atoms with Gasteiger partial charge in [-0.25, -0.2) is 4.79 Å². The van der Waals surface area contributed by atoms with E-state index in [2.05, 4.69) is 5.32 Å². The Morgan fingerprint density at radius 3 is 1.97 bits per heavy atom. The van der Waals surface area contributed by atoms with Gasteiger partial charge in [0.2, 0.25) is 0 Å². The van der Waals surface area contributed by atoms with Gasteiger partial charge >= 0.3 is 6.03 Å². The molecule has 0 aliphatic carbocycles. The van der Waals surface area contributed by atoms with Crippen LogP contribution in [0.2, 0.25) is 0 Å². The number of ether oxygens (including phenoxy) is 1. The van der Waals surface area contributed by atoms with Crippen molar-refractivity contribution in [3.63, 3.8) is 0 Å². The first kappa shape index (κ1) is 25.4. The lowest BCUT2D eigenvalue weighted by Crippen LogP contribution is -2.45. The predicted molar refractivity (Wildman–Crippen MR) is 138 cm³/mol. The summed E-state index contributed by atoms with van der Waals surface area (Å²) in [7, 11) is 1.64. The van der Waals surface area contributed by atoms with Gasteiger partial charge in [0.25, 0.3) is 5.91 Å². The van der Waals surface area contributed by atoms with Crippen LogP contribution in [0.3, 0.4) is 0 Å². The largest absolute Gasteiger partial charge is 0.383 e. The molecule has 188 valence electrons. The van der Waals surface area contributed by atoms with E-state index in [-0.39, 0.29) is 18.4 Å². The van der Waals surface area contributed by atoms with Crippen molar-refractivity contribution in [2.24, 2.45) is 0 Å². The van der Waals surface area contributed by atoms with Crippen molar-refractivity contribution in [2.45, 2.75) is 46.2 Å². The van der Waals surface area contributed by atoms with E-state index in [1.54, 1.807) is 7.11 Å². The van der Waals surface area contributed by atoms with Crippen LogP contribution in [0.1, 0.15) is 57.0 Å². The van der Waals surface area contributed by atoms with Gasteiger partial charge in [-0.2, -0.15) is 0 Å². The number of amides is 3. The van der Waals surface area contributed by atoms with Crippen LogP contribution in [0.25, 0.3) is 0 Å². The van der Waals surface area contributed by atoms with Crippen LogP contribution < -0.4 is 5.32 Å². The number of urea groups is 1. The fraction of sp³-hybridized carbons (Fsp3) is 0.345. The van der Waals surface area contributed by atoms with Gasteiger partial charge in [0.1, 0.15) is 0 Å². The van der Waals surface area contributed by atoms with Crippen molar-refractivity contribution in [1.82, 2.24) is 14.8 Å². The number of aromatic nitrogens is 1. The summed E-state index contributed by atoms with van der Waals surface area (Å²) in [4.78, 5) is 41.7. The number of hydrogen-bond donors (Lipinski definition) is 1. The second-order valence-electron chi connectivity index (χ2n) is 9.69. The zero-order valence-electron chi connectivity index (χ0n) is 21.7. The highest BCUT2D eigenvalue weighted by Crippen LogP contribution is 2.36. The zero-order chi connectivity index (χ0) is 26.2. The molecular formula is C29H33N3O4. The first-order valence-electron chi connectivity index (χ1n) is 12.1. The van der Waals surface area contributed by atoms with Crippen molar-refractivity contribution in [3.05, 3.63) is 93.8 Å². The Kier molecular flexibility index (Phi) is 6.87. The van der Waals surface area contributed by atoms with Crippen molar-refractivity contribution in [3.8, 4) is 0 Å². The summed E-state index contributed by atoms with van der Waals surface area (Å²) in [6.45, 7) is 9.93. The SMILES string of the molecule is COCC(C)n1c(C)cc(C(=O)CN2C(=O)NC(c3ccc(C)cc3)(c3ccc(C)cc3)C2=O)c1C. The molecule has 1 unspecified atom stereocenters. The molecule has 3 amide bonds. The molecule has 2 aromatic carbocycles. The average molecular weight is 488 g/mol. The second-order valence-corrected chi connectivity index (χ2v) is 9.69. The predicted octanol–water partition coefficient (Wildman–Crippen LogP) is 4.61. The number of benzene rings is 2. The molecule has 2 heterocycles. The topological polar surface area (TPSA) is 80.6 Å². The van der Waals surface area contributed by atoms with Crippen LogP contribution >= 0.6 is 0 Å².